The van der Waals surface area contributed by atoms with Gasteiger partial charge in [-0.3, -0.25) is 14.4 Å². The zero-order valence-corrected chi connectivity index (χ0v) is 24.4. The van der Waals surface area contributed by atoms with Crippen LogP contribution in [0.3, 0.4) is 0 Å². The normalized spacial score (nSPS) is 14.3. The lowest BCUT2D eigenvalue weighted by Crippen LogP contribution is -2.57. The monoisotopic (exact) mass is 578 g/mol. The van der Waals surface area contributed by atoms with Crippen LogP contribution in [0.25, 0.3) is 10.9 Å². The van der Waals surface area contributed by atoms with Gasteiger partial charge in [-0.1, -0.05) is 66.7 Å². The molecular weight excluding hydrogens is 544 g/mol. The number of fused-ring (bicyclic) bond motifs is 2. The van der Waals surface area contributed by atoms with Crippen LogP contribution in [0.2, 0.25) is 0 Å². The van der Waals surface area contributed by atoms with Crippen molar-refractivity contribution in [2.24, 2.45) is 0 Å². The first kappa shape index (κ1) is 29.5. The Morgan fingerprint density at radius 2 is 1.49 bits per heavy atom. The van der Waals surface area contributed by atoms with Gasteiger partial charge in [-0.05, 0) is 43.2 Å². The lowest BCUT2D eigenvalue weighted by molar-refractivity contribution is -0.145. The number of hydrogen-bond acceptors (Lipinski definition) is 6. The molecule has 0 spiro atoms. The Morgan fingerprint density at radius 1 is 0.884 bits per heavy atom. The Kier molecular flexibility index (Phi) is 8.27. The van der Waals surface area contributed by atoms with Crippen molar-refractivity contribution in [3.05, 3.63) is 120 Å². The summed E-state index contributed by atoms with van der Waals surface area (Å²) in [4.78, 5) is 53.2. The van der Waals surface area contributed by atoms with Crippen molar-refractivity contribution in [2.75, 3.05) is 7.11 Å². The largest absolute Gasteiger partial charge is 0.467 e. The van der Waals surface area contributed by atoms with Crippen molar-refractivity contribution >= 4 is 34.6 Å². The van der Waals surface area contributed by atoms with Crippen molar-refractivity contribution in [3.8, 4) is 0 Å². The molecule has 2 atom stereocenters. The highest BCUT2D eigenvalue weighted by Crippen LogP contribution is 2.30. The lowest BCUT2D eigenvalue weighted by atomic mass is 10.0. The number of carbonyl (C=O) groups is 4. The second-order valence-corrected chi connectivity index (χ2v) is 11.1. The number of methoxy groups -OCH3 is 1. The molecule has 2 heterocycles. The number of hydrogen-bond donors (Lipinski definition) is 2. The first-order chi connectivity index (χ1) is 20.6. The van der Waals surface area contributed by atoms with Crippen LogP contribution in [0.1, 0.15) is 45.7 Å². The van der Waals surface area contributed by atoms with E-state index in [1.54, 1.807) is 24.3 Å². The van der Waals surface area contributed by atoms with Gasteiger partial charge in [0.25, 0.3) is 11.8 Å². The minimum Gasteiger partial charge on any atom is -0.467 e. The van der Waals surface area contributed by atoms with E-state index in [1.165, 1.54) is 7.11 Å². The third kappa shape index (κ3) is 5.85. The molecule has 4 aromatic rings. The van der Waals surface area contributed by atoms with Gasteiger partial charge in [0.1, 0.15) is 12.1 Å². The Balaban J connectivity index is 1.51. The fourth-order valence-electron chi connectivity index (χ4n) is 5.32. The second kappa shape index (κ2) is 12.1. The SMILES string of the molecule is C=CC(C)(C)n1cc(C[C@H](NN2C(=O)c3ccccc3C2=O)C(=O)N[C@@H](Cc2ccccc2)C(=O)OC)c2ccccc21. The zero-order valence-electron chi connectivity index (χ0n) is 24.4. The number of rotatable bonds is 11. The van der Waals surface area contributed by atoms with E-state index >= 15 is 0 Å². The molecule has 3 amide bonds. The van der Waals surface area contributed by atoms with E-state index in [-0.39, 0.29) is 24.0 Å². The Hall–Kier alpha value is -5.02. The number of imide groups is 1. The highest BCUT2D eigenvalue weighted by atomic mass is 16.5. The van der Waals surface area contributed by atoms with Gasteiger partial charge in [-0.15, -0.1) is 6.58 Å². The number of para-hydroxylation sites is 1. The summed E-state index contributed by atoms with van der Waals surface area (Å²) in [6.45, 7) is 8.05. The molecule has 9 nitrogen and oxygen atoms in total. The third-order valence-electron chi connectivity index (χ3n) is 7.82. The number of hydrazine groups is 1. The van der Waals surface area contributed by atoms with Crippen molar-refractivity contribution in [1.29, 1.82) is 0 Å². The second-order valence-electron chi connectivity index (χ2n) is 11.1. The molecule has 5 rings (SSSR count). The molecule has 43 heavy (non-hydrogen) atoms. The third-order valence-corrected chi connectivity index (χ3v) is 7.82. The van der Waals surface area contributed by atoms with Crippen LogP contribution in [0.15, 0.2) is 97.7 Å². The lowest BCUT2D eigenvalue weighted by Gasteiger charge is -2.26. The van der Waals surface area contributed by atoms with Gasteiger partial charge in [0.05, 0.1) is 23.8 Å². The molecule has 0 bridgehead atoms. The molecule has 3 aromatic carbocycles. The zero-order chi connectivity index (χ0) is 30.7. The van der Waals surface area contributed by atoms with E-state index in [0.717, 1.165) is 27.0 Å². The fourth-order valence-corrected chi connectivity index (χ4v) is 5.32. The van der Waals surface area contributed by atoms with Gasteiger partial charge in [0, 0.05) is 29.9 Å². The number of ether oxygens (including phenoxy) is 1. The van der Waals surface area contributed by atoms with Crippen LogP contribution in [-0.4, -0.2) is 52.5 Å². The number of aromatic nitrogens is 1. The van der Waals surface area contributed by atoms with Gasteiger partial charge in [0.2, 0.25) is 5.91 Å². The number of esters is 1. The van der Waals surface area contributed by atoms with E-state index in [0.29, 0.717) is 0 Å². The summed E-state index contributed by atoms with van der Waals surface area (Å²) in [6, 6.07) is 21.5. The highest BCUT2D eigenvalue weighted by Gasteiger charge is 2.39. The summed E-state index contributed by atoms with van der Waals surface area (Å²) < 4.78 is 7.08. The maximum atomic E-state index is 14.0. The minimum atomic E-state index is -1.10. The number of allylic oxidation sites excluding steroid dienone is 1. The standard InChI is InChI=1S/C34H34N4O5/c1-5-34(2,3)37-21-23(24-15-11-12-18-29(24)37)20-27(36-38-31(40)25-16-9-10-17-26(25)32(38)41)30(39)35-28(33(42)43-4)19-22-13-7-6-8-14-22/h5-18,21,27-28,36H,1,19-20H2,2-4H3,(H,35,39)/t27-,28-/m0/s1. The smallest absolute Gasteiger partial charge is 0.328 e. The van der Waals surface area contributed by atoms with E-state index < -0.39 is 41.3 Å². The molecule has 9 heteroatoms. The summed E-state index contributed by atoms with van der Waals surface area (Å²) in [6.07, 6.45) is 4.11. The Morgan fingerprint density at radius 3 is 2.12 bits per heavy atom. The number of nitrogens with one attached hydrogen (secondary N) is 2. The summed E-state index contributed by atoms with van der Waals surface area (Å²) in [5.74, 6) is -2.28. The summed E-state index contributed by atoms with van der Waals surface area (Å²) in [7, 11) is 1.26. The molecule has 1 aliphatic heterocycles. The maximum absolute atomic E-state index is 14.0. The van der Waals surface area contributed by atoms with Gasteiger partial charge >= 0.3 is 5.97 Å². The molecule has 1 aliphatic rings. The molecule has 1 aromatic heterocycles. The predicted molar refractivity (Wildman–Crippen MR) is 163 cm³/mol. The fraction of sp³-hybridized carbons (Fsp3) is 0.235. The molecule has 0 aliphatic carbocycles. The van der Waals surface area contributed by atoms with Gasteiger partial charge in [-0.2, -0.15) is 0 Å². The summed E-state index contributed by atoms with van der Waals surface area (Å²) >= 11 is 0. The van der Waals surface area contributed by atoms with E-state index in [2.05, 4.69) is 21.9 Å². The number of carbonyl (C=O) groups excluding carboxylic acids is 4. The minimum absolute atomic E-state index is 0.110. The average molecular weight is 579 g/mol. The van der Waals surface area contributed by atoms with Crippen LogP contribution < -0.4 is 10.7 Å². The van der Waals surface area contributed by atoms with Crippen molar-refractivity contribution in [3.63, 3.8) is 0 Å². The van der Waals surface area contributed by atoms with Crippen molar-refractivity contribution in [2.45, 2.75) is 44.3 Å². The molecule has 0 fully saturated rings. The van der Waals surface area contributed by atoms with Crippen LogP contribution in [-0.2, 0) is 32.7 Å². The van der Waals surface area contributed by atoms with Crippen LogP contribution in [0.5, 0.6) is 0 Å². The van der Waals surface area contributed by atoms with Crippen LogP contribution in [0, 0.1) is 0 Å². The Labute approximate surface area is 250 Å². The predicted octanol–water partition coefficient (Wildman–Crippen LogP) is 4.17. The van der Waals surface area contributed by atoms with Crippen molar-refractivity contribution in [1.82, 2.24) is 20.3 Å². The van der Waals surface area contributed by atoms with Gasteiger partial charge in [0.15, 0.2) is 0 Å². The molecule has 2 N–H and O–H groups in total. The van der Waals surface area contributed by atoms with E-state index in [9.17, 15) is 19.2 Å². The van der Waals surface area contributed by atoms with E-state index in [4.69, 9.17) is 4.74 Å². The van der Waals surface area contributed by atoms with Crippen LogP contribution >= 0.6 is 0 Å². The molecule has 0 unspecified atom stereocenters. The molecular formula is C34H34N4O5. The first-order valence-corrected chi connectivity index (χ1v) is 14.0. The quantitative estimate of drug-likeness (QED) is 0.157. The van der Waals surface area contributed by atoms with Gasteiger partial charge < -0.3 is 14.6 Å². The van der Waals surface area contributed by atoms with Crippen LogP contribution in [0.4, 0.5) is 0 Å². The first-order valence-electron chi connectivity index (χ1n) is 14.0. The number of nitrogens with zero attached hydrogens (tertiary/aromatic N) is 2. The average Bonchev–Trinajstić information content (AvgIpc) is 3.51. The van der Waals surface area contributed by atoms with Gasteiger partial charge in [-0.25, -0.2) is 15.2 Å². The molecule has 0 saturated heterocycles. The van der Waals surface area contributed by atoms with E-state index in [1.807, 2.05) is 80.7 Å². The maximum Gasteiger partial charge on any atom is 0.328 e. The number of amides is 3. The molecule has 0 radical (unpaired) electrons. The topological polar surface area (TPSA) is 110 Å². The summed E-state index contributed by atoms with van der Waals surface area (Å²) in [5, 5.41) is 4.60. The Bertz CT molecular complexity index is 1670. The molecule has 0 saturated carbocycles. The summed E-state index contributed by atoms with van der Waals surface area (Å²) in [5.41, 5.74) is 5.56. The highest BCUT2D eigenvalue weighted by molar-refractivity contribution is 6.21. The number of benzene rings is 3. The molecule has 220 valence electrons. The van der Waals surface area contributed by atoms with Crippen molar-refractivity contribution < 1.29 is 23.9 Å².